The smallest absolute Gasteiger partial charge is 0.184 e. The lowest BCUT2D eigenvalue weighted by molar-refractivity contribution is -0.0688. The first-order chi connectivity index (χ1) is 13.4. The van der Waals surface area contributed by atoms with Gasteiger partial charge in [-0.25, -0.2) is 0 Å². The number of rotatable bonds is 4. The molecule has 2 fully saturated rings. The molecule has 3 aliphatic rings. The number of phenolic OH excluding ortho intramolecular Hbond substituents is 1. The number of phenols is 1. The van der Waals surface area contributed by atoms with Crippen molar-refractivity contribution < 1.29 is 14.0 Å². The van der Waals surface area contributed by atoms with Gasteiger partial charge in [0.2, 0.25) is 0 Å². The Morgan fingerprint density at radius 1 is 0.966 bits per heavy atom. The minimum absolute atomic E-state index is 0.222. The Hall–Kier alpha value is -0.626. The van der Waals surface area contributed by atoms with Gasteiger partial charge in [0, 0.05) is 5.92 Å². The summed E-state index contributed by atoms with van der Waals surface area (Å²) in [5, 5.41) is 10.0. The van der Waals surface area contributed by atoms with Crippen LogP contribution in [0.3, 0.4) is 0 Å². The summed E-state index contributed by atoms with van der Waals surface area (Å²) in [4.78, 5) is 0. The van der Waals surface area contributed by atoms with Crippen LogP contribution in [0, 0.1) is 17.3 Å². The summed E-state index contributed by atoms with van der Waals surface area (Å²) >= 11 is 0. The Labute approximate surface area is 179 Å². The molecule has 0 saturated heterocycles. The molecule has 0 aliphatic heterocycles. The summed E-state index contributed by atoms with van der Waals surface area (Å²) in [5.41, 5.74) is 3.01. The number of hydrogen-bond acceptors (Lipinski definition) is 3. The van der Waals surface area contributed by atoms with Crippen LogP contribution in [0.5, 0.6) is 5.75 Å². The lowest BCUT2D eigenvalue weighted by atomic mass is 9.54. The standard InChI is InChI=1S/C24H40O3Si2/c1-24-15-21(26-28(2,3)4)23-18-11-9-17(25)14-16(18)8-10-19(23)20(24)12-13-22(24)27-29(5,6)7/h9,11,14,19-23,25H,8,10,12-13,15H2,1-7H3/t19-,20-,21?,22?,23+,24-/m0/s1. The van der Waals surface area contributed by atoms with E-state index in [4.69, 9.17) is 8.85 Å². The molecule has 0 amide bonds. The highest BCUT2D eigenvalue weighted by Gasteiger charge is 2.59. The van der Waals surface area contributed by atoms with Gasteiger partial charge in [-0.15, -0.1) is 0 Å². The highest BCUT2D eigenvalue weighted by Crippen LogP contribution is 2.62. The molecule has 1 aromatic carbocycles. The molecule has 29 heavy (non-hydrogen) atoms. The quantitative estimate of drug-likeness (QED) is 0.568. The van der Waals surface area contributed by atoms with Gasteiger partial charge in [0.15, 0.2) is 16.6 Å². The van der Waals surface area contributed by atoms with Crippen molar-refractivity contribution >= 4 is 16.6 Å². The third-order valence-electron chi connectivity index (χ3n) is 7.58. The molecule has 1 N–H and O–H groups in total. The lowest BCUT2D eigenvalue weighted by Crippen LogP contribution is -2.54. The number of benzene rings is 1. The molecule has 1 aromatic rings. The molecule has 5 heteroatoms. The van der Waals surface area contributed by atoms with Crippen LogP contribution in [0.1, 0.15) is 49.7 Å². The molecule has 4 rings (SSSR count). The van der Waals surface area contributed by atoms with E-state index in [1.165, 1.54) is 30.4 Å². The van der Waals surface area contributed by atoms with Crippen LogP contribution < -0.4 is 0 Å². The fraction of sp³-hybridized carbons (Fsp3) is 0.750. The van der Waals surface area contributed by atoms with E-state index in [-0.39, 0.29) is 11.5 Å². The average Bonchev–Trinajstić information content (AvgIpc) is 2.87. The molecule has 0 heterocycles. The molecule has 3 aliphatic carbocycles. The van der Waals surface area contributed by atoms with Gasteiger partial charge in [-0.05, 0) is 112 Å². The minimum Gasteiger partial charge on any atom is -0.508 e. The molecule has 2 saturated carbocycles. The summed E-state index contributed by atoms with van der Waals surface area (Å²) in [6.07, 6.45) is 6.55. The fourth-order valence-electron chi connectivity index (χ4n) is 6.76. The van der Waals surface area contributed by atoms with Gasteiger partial charge in [0.1, 0.15) is 5.75 Å². The maximum Gasteiger partial charge on any atom is 0.184 e. The number of fused-ring (bicyclic) bond motifs is 5. The van der Waals surface area contributed by atoms with E-state index in [1.54, 1.807) is 0 Å². The fourth-order valence-corrected chi connectivity index (χ4v) is 9.14. The highest BCUT2D eigenvalue weighted by atomic mass is 28.4. The second kappa shape index (κ2) is 7.21. The van der Waals surface area contributed by atoms with E-state index in [0.717, 1.165) is 18.8 Å². The monoisotopic (exact) mass is 432 g/mol. The predicted molar refractivity (Wildman–Crippen MR) is 125 cm³/mol. The highest BCUT2D eigenvalue weighted by molar-refractivity contribution is 6.70. The van der Waals surface area contributed by atoms with E-state index in [1.807, 2.05) is 12.1 Å². The van der Waals surface area contributed by atoms with E-state index >= 15 is 0 Å². The normalized spacial score (nSPS) is 37.0. The largest absolute Gasteiger partial charge is 0.508 e. The summed E-state index contributed by atoms with van der Waals surface area (Å²) in [6, 6.07) is 6.07. The zero-order chi connectivity index (χ0) is 21.2. The Bertz CT molecular complexity index is 766. The number of aryl methyl sites for hydroxylation is 1. The molecule has 0 bridgehead atoms. The Morgan fingerprint density at radius 2 is 1.66 bits per heavy atom. The van der Waals surface area contributed by atoms with Crippen molar-refractivity contribution in [3.05, 3.63) is 29.3 Å². The zero-order valence-corrected chi connectivity index (χ0v) is 21.4. The van der Waals surface area contributed by atoms with Crippen LogP contribution in [0.2, 0.25) is 39.3 Å². The summed E-state index contributed by atoms with van der Waals surface area (Å²) < 4.78 is 13.7. The summed E-state index contributed by atoms with van der Waals surface area (Å²) in [5.74, 6) is 2.25. The third-order valence-corrected chi connectivity index (χ3v) is 9.58. The zero-order valence-electron chi connectivity index (χ0n) is 19.4. The molecule has 0 aromatic heterocycles. The van der Waals surface area contributed by atoms with Crippen molar-refractivity contribution in [3.8, 4) is 5.75 Å². The molecule has 0 radical (unpaired) electrons. The van der Waals surface area contributed by atoms with Crippen molar-refractivity contribution in [2.24, 2.45) is 17.3 Å². The van der Waals surface area contributed by atoms with Gasteiger partial charge in [0.05, 0.1) is 12.2 Å². The third kappa shape index (κ3) is 4.12. The Kier molecular flexibility index (Phi) is 5.37. The Balaban J connectivity index is 1.73. The maximum absolute atomic E-state index is 10.0. The maximum atomic E-state index is 10.0. The molecule has 2 unspecified atom stereocenters. The van der Waals surface area contributed by atoms with Crippen LogP contribution in [0.25, 0.3) is 0 Å². The van der Waals surface area contributed by atoms with E-state index in [0.29, 0.717) is 23.7 Å². The molecule has 162 valence electrons. The summed E-state index contributed by atoms with van der Waals surface area (Å²) in [6.45, 7) is 16.5. The van der Waals surface area contributed by atoms with E-state index in [9.17, 15) is 5.11 Å². The Morgan fingerprint density at radius 3 is 2.31 bits per heavy atom. The molecular formula is C24H40O3Si2. The van der Waals surface area contributed by atoms with Crippen LogP contribution in [0.4, 0.5) is 0 Å². The molecule has 0 spiro atoms. The topological polar surface area (TPSA) is 38.7 Å². The lowest BCUT2D eigenvalue weighted by Gasteiger charge is -2.55. The van der Waals surface area contributed by atoms with Gasteiger partial charge in [-0.2, -0.15) is 0 Å². The molecule has 6 atom stereocenters. The minimum atomic E-state index is -1.68. The second-order valence-electron chi connectivity index (χ2n) is 12.0. The van der Waals surface area contributed by atoms with Crippen molar-refractivity contribution in [3.63, 3.8) is 0 Å². The van der Waals surface area contributed by atoms with Crippen molar-refractivity contribution in [1.29, 1.82) is 0 Å². The van der Waals surface area contributed by atoms with Gasteiger partial charge < -0.3 is 14.0 Å². The SMILES string of the molecule is C[C@]12CC(O[Si](C)(C)C)[C@@H]3c4ccc(O)cc4CC[C@H]3[C@@H]1CCC2O[Si](C)(C)C. The molecular weight excluding hydrogens is 392 g/mol. The first-order valence-electron chi connectivity index (χ1n) is 11.5. The first kappa shape index (κ1) is 21.6. The van der Waals surface area contributed by atoms with Gasteiger partial charge in [-0.3, -0.25) is 0 Å². The van der Waals surface area contributed by atoms with Gasteiger partial charge in [0.25, 0.3) is 0 Å². The van der Waals surface area contributed by atoms with Crippen molar-refractivity contribution in [1.82, 2.24) is 0 Å². The second-order valence-corrected chi connectivity index (χ2v) is 20.9. The van der Waals surface area contributed by atoms with Crippen molar-refractivity contribution in [2.75, 3.05) is 0 Å². The van der Waals surface area contributed by atoms with Gasteiger partial charge >= 0.3 is 0 Å². The van der Waals surface area contributed by atoms with Crippen LogP contribution in [0.15, 0.2) is 18.2 Å². The van der Waals surface area contributed by atoms with Crippen LogP contribution in [-0.4, -0.2) is 33.9 Å². The predicted octanol–water partition coefficient (Wildman–Crippen LogP) is 6.30. The first-order valence-corrected chi connectivity index (χ1v) is 18.4. The van der Waals surface area contributed by atoms with E-state index in [2.05, 4.69) is 52.3 Å². The van der Waals surface area contributed by atoms with E-state index < -0.39 is 16.6 Å². The van der Waals surface area contributed by atoms with Crippen molar-refractivity contribution in [2.45, 2.75) is 96.4 Å². The van der Waals surface area contributed by atoms with Crippen LogP contribution >= 0.6 is 0 Å². The molecule has 3 nitrogen and oxygen atoms in total. The average molecular weight is 433 g/mol. The van der Waals surface area contributed by atoms with Gasteiger partial charge in [-0.1, -0.05) is 13.0 Å². The summed E-state index contributed by atoms with van der Waals surface area (Å²) in [7, 11) is -3.26. The number of aromatic hydroxyl groups is 1. The number of hydrogen-bond donors (Lipinski definition) is 1. The van der Waals surface area contributed by atoms with Crippen LogP contribution in [-0.2, 0) is 15.3 Å².